The first-order valence-electron chi connectivity index (χ1n) is 4.45. The van der Waals surface area contributed by atoms with E-state index in [2.05, 4.69) is 10.8 Å². The van der Waals surface area contributed by atoms with Gasteiger partial charge in [-0.15, -0.1) is 0 Å². The van der Waals surface area contributed by atoms with Gasteiger partial charge in [-0.3, -0.25) is 0 Å². The van der Waals surface area contributed by atoms with Crippen molar-refractivity contribution in [2.45, 2.75) is 25.8 Å². The summed E-state index contributed by atoms with van der Waals surface area (Å²) in [4.78, 5) is 12.9. The molecule has 72 valence electrons. The van der Waals surface area contributed by atoms with E-state index in [9.17, 15) is 4.79 Å². The molecule has 0 saturated carbocycles. The van der Waals surface area contributed by atoms with E-state index in [0.29, 0.717) is 6.54 Å². The number of carbonyl (C=O) groups excluding carboxylic acids is 1. The number of carbonyl (C=O) groups is 1. The van der Waals surface area contributed by atoms with Gasteiger partial charge in [0.05, 0.1) is 25.1 Å². The molecule has 0 bridgehead atoms. The quantitative estimate of drug-likeness (QED) is 0.615. The predicted octanol–water partition coefficient (Wildman–Crippen LogP) is 1.38. The number of rotatable bonds is 1. The molecule has 2 atom stereocenters. The van der Waals surface area contributed by atoms with Gasteiger partial charge >= 0.3 is 6.09 Å². The van der Waals surface area contributed by atoms with Crippen LogP contribution >= 0.6 is 0 Å². The number of nitriles is 1. The van der Waals surface area contributed by atoms with E-state index in [1.54, 1.807) is 4.90 Å². The lowest BCUT2D eigenvalue weighted by molar-refractivity contribution is 0.113. The highest BCUT2D eigenvalue weighted by molar-refractivity contribution is 5.68. The van der Waals surface area contributed by atoms with Crippen molar-refractivity contribution in [1.29, 1.82) is 5.26 Å². The Labute approximate surface area is 78.1 Å². The number of nitrogens with zero attached hydrogens (tertiary/aromatic N) is 2. The molecule has 1 fully saturated rings. The van der Waals surface area contributed by atoms with Crippen molar-refractivity contribution in [2.75, 3.05) is 13.7 Å². The summed E-state index contributed by atoms with van der Waals surface area (Å²) in [5.41, 5.74) is 0. The summed E-state index contributed by atoms with van der Waals surface area (Å²) >= 11 is 0. The zero-order chi connectivity index (χ0) is 9.84. The Balaban J connectivity index is 2.64. The van der Waals surface area contributed by atoms with Crippen LogP contribution < -0.4 is 0 Å². The summed E-state index contributed by atoms with van der Waals surface area (Å²) in [6, 6.07) is 2.21. The number of ether oxygens (including phenoxy) is 1. The minimum atomic E-state index is -0.315. The summed E-state index contributed by atoms with van der Waals surface area (Å²) in [7, 11) is 1.37. The van der Waals surface area contributed by atoms with E-state index in [0.717, 1.165) is 12.8 Å². The normalized spacial score (nSPS) is 23.8. The molecule has 0 aromatic heterocycles. The van der Waals surface area contributed by atoms with E-state index < -0.39 is 0 Å². The monoisotopic (exact) mass is 182 g/mol. The first-order chi connectivity index (χ1) is 6.20. The third kappa shape index (κ3) is 1.92. The fraction of sp³-hybridized carbons (Fsp3) is 0.778. The van der Waals surface area contributed by atoms with Crippen LogP contribution in [-0.4, -0.2) is 30.7 Å². The fourth-order valence-corrected chi connectivity index (χ4v) is 1.74. The lowest BCUT2D eigenvalue weighted by atomic mass is 10.0. The average molecular weight is 182 g/mol. The number of hydrogen-bond donors (Lipinski definition) is 0. The van der Waals surface area contributed by atoms with E-state index in [4.69, 9.17) is 5.26 Å². The molecule has 2 unspecified atom stereocenters. The van der Waals surface area contributed by atoms with Crippen molar-refractivity contribution in [3.05, 3.63) is 0 Å². The molecule has 1 amide bonds. The van der Waals surface area contributed by atoms with Gasteiger partial charge in [-0.2, -0.15) is 5.26 Å². The molecular weight excluding hydrogens is 168 g/mol. The van der Waals surface area contributed by atoms with Crippen LogP contribution in [0, 0.1) is 17.2 Å². The lowest BCUT2D eigenvalue weighted by Gasteiger charge is -2.24. The highest BCUT2D eigenvalue weighted by Gasteiger charge is 2.33. The van der Waals surface area contributed by atoms with Crippen LogP contribution in [0.25, 0.3) is 0 Å². The molecule has 0 radical (unpaired) electrons. The van der Waals surface area contributed by atoms with Crippen molar-refractivity contribution in [2.24, 2.45) is 5.92 Å². The van der Waals surface area contributed by atoms with Gasteiger partial charge in [0, 0.05) is 6.54 Å². The second-order valence-corrected chi connectivity index (χ2v) is 3.29. The highest BCUT2D eigenvalue weighted by Crippen LogP contribution is 2.23. The predicted molar refractivity (Wildman–Crippen MR) is 46.9 cm³/mol. The Bertz CT molecular complexity index is 234. The van der Waals surface area contributed by atoms with Crippen LogP contribution in [-0.2, 0) is 4.74 Å². The van der Waals surface area contributed by atoms with Crippen LogP contribution in [0.5, 0.6) is 0 Å². The van der Waals surface area contributed by atoms with Gasteiger partial charge < -0.3 is 9.64 Å². The molecule has 0 aliphatic carbocycles. The summed E-state index contributed by atoms with van der Waals surface area (Å²) < 4.78 is 4.64. The van der Waals surface area contributed by atoms with Gasteiger partial charge in [0.2, 0.25) is 0 Å². The molecule has 1 aliphatic rings. The third-order valence-corrected chi connectivity index (χ3v) is 2.49. The maximum Gasteiger partial charge on any atom is 0.409 e. The standard InChI is InChI=1S/C9H14N2O2/c1-7(6-10)8-4-3-5-11(8)9(12)13-2/h7-8H,3-5H2,1-2H3. The molecule has 1 heterocycles. The molecule has 1 saturated heterocycles. The van der Waals surface area contributed by atoms with E-state index in [-0.39, 0.29) is 18.1 Å². The molecule has 0 aromatic carbocycles. The second kappa shape index (κ2) is 4.13. The minimum Gasteiger partial charge on any atom is -0.453 e. The van der Waals surface area contributed by atoms with Crippen LogP contribution in [0.2, 0.25) is 0 Å². The molecule has 4 nitrogen and oxygen atoms in total. The zero-order valence-electron chi connectivity index (χ0n) is 7.99. The van der Waals surface area contributed by atoms with Crippen molar-refractivity contribution < 1.29 is 9.53 Å². The highest BCUT2D eigenvalue weighted by atomic mass is 16.5. The third-order valence-electron chi connectivity index (χ3n) is 2.49. The van der Waals surface area contributed by atoms with Gasteiger partial charge in [-0.05, 0) is 19.8 Å². The molecule has 4 heteroatoms. The molecular formula is C9H14N2O2. The maximum absolute atomic E-state index is 11.2. The Hall–Kier alpha value is -1.24. The summed E-state index contributed by atoms with van der Waals surface area (Å²) in [5, 5.41) is 8.74. The Kier molecular flexibility index (Phi) is 3.13. The minimum absolute atomic E-state index is 0.0393. The maximum atomic E-state index is 11.2. The van der Waals surface area contributed by atoms with Crippen molar-refractivity contribution in [3.8, 4) is 6.07 Å². The van der Waals surface area contributed by atoms with Crippen LogP contribution in [0.3, 0.4) is 0 Å². The molecule has 0 spiro atoms. The van der Waals surface area contributed by atoms with Crippen molar-refractivity contribution in [1.82, 2.24) is 4.90 Å². The second-order valence-electron chi connectivity index (χ2n) is 3.29. The molecule has 13 heavy (non-hydrogen) atoms. The van der Waals surface area contributed by atoms with Crippen LogP contribution in [0.4, 0.5) is 4.79 Å². The van der Waals surface area contributed by atoms with E-state index in [1.807, 2.05) is 6.92 Å². The Morgan fingerprint density at radius 3 is 3.00 bits per heavy atom. The van der Waals surface area contributed by atoms with Gasteiger partial charge in [-0.25, -0.2) is 4.79 Å². The number of likely N-dealkylation sites (tertiary alicyclic amines) is 1. The number of amides is 1. The van der Waals surface area contributed by atoms with Crippen LogP contribution in [0.1, 0.15) is 19.8 Å². The van der Waals surface area contributed by atoms with Gasteiger partial charge in [0.1, 0.15) is 0 Å². The molecule has 1 aliphatic heterocycles. The lowest BCUT2D eigenvalue weighted by Crippen LogP contribution is -2.38. The SMILES string of the molecule is COC(=O)N1CCCC1C(C)C#N. The van der Waals surface area contributed by atoms with Crippen molar-refractivity contribution >= 4 is 6.09 Å². The molecule has 0 N–H and O–H groups in total. The van der Waals surface area contributed by atoms with E-state index in [1.165, 1.54) is 7.11 Å². The summed E-state index contributed by atoms with van der Waals surface area (Å²) in [6.45, 7) is 2.55. The van der Waals surface area contributed by atoms with E-state index >= 15 is 0 Å². The topological polar surface area (TPSA) is 53.3 Å². The summed E-state index contributed by atoms with van der Waals surface area (Å²) in [5.74, 6) is -0.110. The number of hydrogen-bond acceptors (Lipinski definition) is 3. The molecule has 0 aromatic rings. The van der Waals surface area contributed by atoms with Gasteiger partial charge in [0.15, 0.2) is 0 Å². The van der Waals surface area contributed by atoms with Gasteiger partial charge in [-0.1, -0.05) is 0 Å². The number of methoxy groups -OCH3 is 1. The first kappa shape index (κ1) is 9.85. The fourth-order valence-electron chi connectivity index (χ4n) is 1.74. The summed E-state index contributed by atoms with van der Waals surface area (Å²) in [6.07, 6.45) is 1.56. The Morgan fingerprint density at radius 1 is 1.77 bits per heavy atom. The first-order valence-corrected chi connectivity index (χ1v) is 4.45. The smallest absolute Gasteiger partial charge is 0.409 e. The van der Waals surface area contributed by atoms with Gasteiger partial charge in [0.25, 0.3) is 0 Å². The largest absolute Gasteiger partial charge is 0.453 e. The zero-order valence-corrected chi connectivity index (χ0v) is 7.99. The van der Waals surface area contributed by atoms with Crippen molar-refractivity contribution in [3.63, 3.8) is 0 Å². The molecule has 1 rings (SSSR count). The Morgan fingerprint density at radius 2 is 2.46 bits per heavy atom. The van der Waals surface area contributed by atoms with Crippen LogP contribution in [0.15, 0.2) is 0 Å². The average Bonchev–Trinajstić information content (AvgIpc) is 2.63.